The molecule has 0 radical (unpaired) electrons. The van der Waals surface area contributed by atoms with Crippen LogP contribution < -0.4 is 10.6 Å². The van der Waals surface area contributed by atoms with Gasteiger partial charge in [0, 0.05) is 16.9 Å². The highest BCUT2D eigenvalue weighted by molar-refractivity contribution is 7.19. The molecule has 4 aromatic carbocycles. The summed E-state index contributed by atoms with van der Waals surface area (Å²) in [5.74, 6) is 0.925. The van der Waals surface area contributed by atoms with E-state index < -0.39 is 0 Å². The molecule has 0 fully saturated rings. The van der Waals surface area contributed by atoms with E-state index >= 15 is 0 Å². The molecule has 51 heavy (non-hydrogen) atoms. The zero-order valence-electron chi connectivity index (χ0n) is 30.9. The Morgan fingerprint density at radius 3 is 1.45 bits per heavy atom. The maximum atomic E-state index is 10.2. The van der Waals surface area contributed by atoms with Gasteiger partial charge in [-0.05, 0) is 154 Å². The van der Waals surface area contributed by atoms with Crippen LogP contribution in [-0.2, 0) is 0 Å². The number of fused-ring (bicyclic) bond motifs is 1. The average molecular weight is 691 g/mol. The van der Waals surface area contributed by atoms with E-state index in [1.165, 1.54) is 49.9 Å². The van der Waals surface area contributed by atoms with Crippen molar-refractivity contribution in [3.05, 3.63) is 122 Å². The average Bonchev–Trinajstić information content (AvgIpc) is 3.40. The normalized spacial score (nSPS) is 11.5. The minimum Gasteiger partial charge on any atom is -0.339 e. The molecule has 6 aromatic rings. The van der Waals surface area contributed by atoms with Gasteiger partial charge in [0.25, 0.3) is 0 Å². The largest absolute Gasteiger partial charge is 0.339 e. The molecule has 0 aliphatic heterocycles. The monoisotopic (exact) mass is 690 g/mol. The molecular formula is C42H42N8S. The van der Waals surface area contributed by atoms with Crippen LogP contribution in [0.4, 0.5) is 44.4 Å². The quantitative estimate of drug-likeness (QED) is 0.155. The lowest BCUT2D eigenvalue weighted by Crippen LogP contribution is -2.04. The first kappa shape index (κ1) is 35.1. The fraction of sp³-hybridized carbons (Fsp3) is 0.238. The number of nitrogens with one attached hydrogen (secondary N) is 2. The molecule has 0 saturated carbocycles. The van der Waals surface area contributed by atoms with Gasteiger partial charge in [0.1, 0.15) is 21.8 Å². The number of nitrogens with zero attached hydrogens (tertiary/aromatic N) is 6. The molecule has 0 amide bonds. The van der Waals surface area contributed by atoms with Gasteiger partial charge in [0.05, 0.1) is 11.3 Å². The molecule has 6 rings (SSSR count). The van der Waals surface area contributed by atoms with E-state index in [9.17, 15) is 5.26 Å². The van der Waals surface area contributed by atoms with Crippen molar-refractivity contribution >= 4 is 66.5 Å². The van der Waals surface area contributed by atoms with Crippen LogP contribution in [0.1, 0.15) is 61.2 Å². The van der Waals surface area contributed by atoms with Gasteiger partial charge >= 0.3 is 0 Å². The lowest BCUT2D eigenvalue weighted by Gasteiger charge is -2.21. The topological polar surface area (TPSA) is 110 Å². The molecule has 2 heterocycles. The highest BCUT2D eigenvalue weighted by Crippen LogP contribution is 2.45. The van der Waals surface area contributed by atoms with Crippen LogP contribution in [-0.4, -0.2) is 4.98 Å². The number of thiophene rings is 1. The predicted molar refractivity (Wildman–Crippen MR) is 212 cm³/mol. The smallest absolute Gasteiger partial charge is 0.161 e. The van der Waals surface area contributed by atoms with Crippen molar-refractivity contribution in [3.63, 3.8) is 0 Å². The first-order valence-corrected chi connectivity index (χ1v) is 17.8. The van der Waals surface area contributed by atoms with E-state index in [0.717, 1.165) is 49.3 Å². The summed E-state index contributed by atoms with van der Waals surface area (Å²) >= 11 is 1.45. The van der Waals surface area contributed by atoms with Crippen LogP contribution >= 0.6 is 11.3 Å². The number of azo groups is 2. The SMILES string of the molecule is Cc1c(N=Nc2c(Nc3ccccc3)nc(Nc3ccccc3)c(C#N)c2C)sc(/N=N/c2c(C)c(C)c3c(C)c(C)c(C)c(C)c3c2C)c1C. The second-order valence-electron chi connectivity index (χ2n) is 13.1. The molecule has 0 atom stereocenters. The second kappa shape index (κ2) is 14.3. The van der Waals surface area contributed by atoms with Gasteiger partial charge in [0.2, 0.25) is 0 Å². The van der Waals surface area contributed by atoms with Gasteiger partial charge in [-0.1, -0.05) is 47.7 Å². The number of anilines is 4. The van der Waals surface area contributed by atoms with Gasteiger partial charge in [-0.2, -0.15) is 5.26 Å². The Labute approximate surface area is 304 Å². The Hall–Kier alpha value is -5.72. The summed E-state index contributed by atoms with van der Waals surface area (Å²) in [5, 5.41) is 40.2. The molecule has 0 aliphatic carbocycles. The molecule has 256 valence electrons. The number of benzene rings is 4. The third-order valence-electron chi connectivity index (χ3n) is 10.2. The van der Waals surface area contributed by atoms with E-state index in [0.29, 0.717) is 28.5 Å². The van der Waals surface area contributed by atoms with Gasteiger partial charge in [-0.15, -0.1) is 20.5 Å². The fourth-order valence-corrected chi connectivity index (χ4v) is 7.52. The molecule has 9 heteroatoms. The van der Waals surface area contributed by atoms with Crippen molar-refractivity contribution in [2.24, 2.45) is 20.5 Å². The van der Waals surface area contributed by atoms with E-state index in [-0.39, 0.29) is 0 Å². The molecule has 0 bridgehead atoms. The van der Waals surface area contributed by atoms with Crippen molar-refractivity contribution in [1.29, 1.82) is 5.26 Å². The number of nitriles is 1. The van der Waals surface area contributed by atoms with Gasteiger partial charge in [-0.25, -0.2) is 4.98 Å². The summed E-state index contributed by atoms with van der Waals surface area (Å²) in [6.07, 6.45) is 0. The van der Waals surface area contributed by atoms with Crippen molar-refractivity contribution in [2.45, 2.75) is 69.2 Å². The zero-order chi connectivity index (χ0) is 36.6. The first-order chi connectivity index (χ1) is 24.4. The van der Waals surface area contributed by atoms with E-state index in [2.05, 4.69) is 65.2 Å². The minimum atomic E-state index is 0.396. The van der Waals surface area contributed by atoms with Gasteiger partial charge < -0.3 is 10.6 Å². The molecule has 8 nitrogen and oxygen atoms in total. The molecular weight excluding hydrogens is 649 g/mol. The fourth-order valence-electron chi connectivity index (χ4n) is 6.56. The highest BCUT2D eigenvalue weighted by atomic mass is 32.1. The van der Waals surface area contributed by atoms with Crippen LogP contribution in [0, 0.1) is 80.6 Å². The van der Waals surface area contributed by atoms with E-state index in [4.69, 9.17) is 25.4 Å². The Morgan fingerprint density at radius 2 is 0.941 bits per heavy atom. The number of pyridine rings is 1. The van der Waals surface area contributed by atoms with Gasteiger partial charge in [-0.3, -0.25) is 0 Å². The number of aryl methyl sites for hydroxylation is 4. The summed E-state index contributed by atoms with van der Waals surface area (Å²) in [7, 11) is 0. The number of hydrogen-bond acceptors (Lipinski definition) is 9. The summed E-state index contributed by atoms with van der Waals surface area (Å²) < 4.78 is 0. The summed E-state index contributed by atoms with van der Waals surface area (Å²) in [6, 6.07) is 21.8. The van der Waals surface area contributed by atoms with Crippen molar-refractivity contribution in [1.82, 2.24) is 4.98 Å². The summed E-state index contributed by atoms with van der Waals surface area (Å²) in [5.41, 5.74) is 14.9. The maximum Gasteiger partial charge on any atom is 0.161 e. The Kier molecular flexibility index (Phi) is 9.82. The molecule has 2 aromatic heterocycles. The molecule has 2 N–H and O–H groups in total. The van der Waals surface area contributed by atoms with Crippen LogP contribution in [0.25, 0.3) is 10.8 Å². The van der Waals surface area contributed by atoms with Crippen LogP contribution in [0.15, 0.2) is 81.1 Å². The highest BCUT2D eigenvalue weighted by Gasteiger charge is 2.21. The lowest BCUT2D eigenvalue weighted by molar-refractivity contribution is 1.16. The first-order valence-electron chi connectivity index (χ1n) is 16.9. The van der Waals surface area contributed by atoms with Crippen molar-refractivity contribution in [2.75, 3.05) is 10.6 Å². The Balaban J connectivity index is 1.40. The van der Waals surface area contributed by atoms with Crippen molar-refractivity contribution in [3.8, 4) is 6.07 Å². The number of aromatic nitrogens is 1. The van der Waals surface area contributed by atoms with Crippen molar-refractivity contribution < 1.29 is 0 Å². The Morgan fingerprint density at radius 1 is 0.490 bits per heavy atom. The predicted octanol–water partition coefficient (Wildman–Crippen LogP) is 13.6. The van der Waals surface area contributed by atoms with Crippen LogP contribution in [0.2, 0.25) is 0 Å². The minimum absolute atomic E-state index is 0.396. The van der Waals surface area contributed by atoms with Crippen LogP contribution in [0.5, 0.6) is 0 Å². The second-order valence-corrected chi connectivity index (χ2v) is 14.1. The summed E-state index contributed by atoms with van der Waals surface area (Å²) in [4.78, 5) is 4.85. The molecule has 0 unspecified atom stereocenters. The summed E-state index contributed by atoms with van der Waals surface area (Å²) in [6.45, 7) is 21.3. The van der Waals surface area contributed by atoms with E-state index in [1.807, 2.05) is 81.4 Å². The Bertz CT molecular complexity index is 2420. The third-order valence-corrected chi connectivity index (χ3v) is 11.4. The van der Waals surface area contributed by atoms with E-state index in [1.54, 1.807) is 0 Å². The van der Waals surface area contributed by atoms with Crippen LogP contribution in [0.3, 0.4) is 0 Å². The maximum absolute atomic E-state index is 10.2. The zero-order valence-corrected chi connectivity index (χ0v) is 31.7. The van der Waals surface area contributed by atoms with Gasteiger partial charge in [0.15, 0.2) is 11.6 Å². The molecule has 0 aliphatic rings. The standard InChI is InChI=1S/C42H42N8S/c1-22-23(2)25(4)36-31(10)37(27(6)26(5)35(36)24(22)3)47-49-41-28(7)29(8)42(51-41)50-48-38-30(9)34(21-43)39(44-32-17-13-11-14-18-32)46-40(38)45-33-19-15-12-16-20-33/h11-20H,1-10H3,(H2,44,45,46)/b49-47+,50-48?. The number of hydrogen-bond donors (Lipinski definition) is 2. The third kappa shape index (κ3) is 6.51. The number of rotatable bonds is 8. The number of para-hydroxylation sites is 2. The lowest BCUT2D eigenvalue weighted by atomic mass is 9.85. The molecule has 0 saturated heterocycles. The molecule has 0 spiro atoms.